The van der Waals surface area contributed by atoms with Crippen molar-refractivity contribution in [3.63, 3.8) is 0 Å². The lowest BCUT2D eigenvalue weighted by Gasteiger charge is -2.37. The number of fused-ring (bicyclic) bond motifs is 1. The largest absolute Gasteiger partial charge is 0.438 e. The van der Waals surface area contributed by atoms with E-state index in [4.69, 9.17) is 9.47 Å². The minimum Gasteiger partial charge on any atom is -0.438 e. The molecule has 186 valence electrons. The number of amides is 1. The number of nitrogens with zero attached hydrogens (tertiary/aromatic N) is 4. The van der Waals surface area contributed by atoms with Gasteiger partial charge >= 0.3 is 0 Å². The van der Waals surface area contributed by atoms with Gasteiger partial charge in [-0.2, -0.15) is 0 Å². The summed E-state index contributed by atoms with van der Waals surface area (Å²) in [5.41, 5.74) is 1.83. The monoisotopic (exact) mass is 479 g/mol. The second-order valence-corrected chi connectivity index (χ2v) is 9.05. The number of ketones is 1. The number of hydrogen-bond donors (Lipinski definition) is 1. The van der Waals surface area contributed by atoms with Gasteiger partial charge < -0.3 is 19.7 Å². The Kier molecular flexibility index (Phi) is 7.77. The Morgan fingerprint density at radius 3 is 2.74 bits per heavy atom. The third-order valence-corrected chi connectivity index (χ3v) is 6.13. The Balaban J connectivity index is 0.00000141. The molecule has 1 aromatic carbocycles. The summed E-state index contributed by atoms with van der Waals surface area (Å²) in [6.45, 7) is 10.0. The minimum atomic E-state index is -0.0667. The molecule has 35 heavy (non-hydrogen) atoms. The van der Waals surface area contributed by atoms with Crippen LogP contribution in [-0.2, 0) is 20.7 Å². The van der Waals surface area contributed by atoms with Crippen LogP contribution in [0.15, 0.2) is 42.6 Å². The van der Waals surface area contributed by atoms with Gasteiger partial charge in [0, 0.05) is 37.4 Å². The van der Waals surface area contributed by atoms with Gasteiger partial charge in [-0.05, 0) is 43.7 Å². The van der Waals surface area contributed by atoms with Gasteiger partial charge in [0.1, 0.15) is 11.5 Å². The van der Waals surface area contributed by atoms with Crippen molar-refractivity contribution in [3.8, 4) is 11.6 Å². The number of benzene rings is 1. The van der Waals surface area contributed by atoms with E-state index in [1.165, 1.54) is 0 Å². The highest BCUT2D eigenvalue weighted by Gasteiger charge is 2.44. The van der Waals surface area contributed by atoms with Crippen molar-refractivity contribution >= 4 is 23.2 Å². The fraction of sp³-hybridized carbons (Fsp3) is 0.462. The number of imidazole rings is 1. The molecule has 1 spiro atoms. The van der Waals surface area contributed by atoms with Gasteiger partial charge in [-0.25, -0.2) is 9.50 Å². The molecule has 5 rings (SSSR count). The molecule has 2 aliphatic heterocycles. The molecule has 2 aliphatic rings. The van der Waals surface area contributed by atoms with E-state index in [0.717, 1.165) is 44.8 Å². The van der Waals surface area contributed by atoms with Gasteiger partial charge in [0.15, 0.2) is 11.5 Å². The van der Waals surface area contributed by atoms with Gasteiger partial charge in [0.25, 0.3) is 0 Å². The van der Waals surface area contributed by atoms with E-state index in [1.807, 2.05) is 38.1 Å². The van der Waals surface area contributed by atoms with Crippen LogP contribution in [0.4, 0.5) is 5.82 Å². The zero-order chi connectivity index (χ0) is 24.8. The molecular weight excluding hydrogens is 446 g/mol. The number of rotatable bonds is 8. The fourth-order valence-electron chi connectivity index (χ4n) is 4.42. The molecule has 2 fully saturated rings. The Morgan fingerprint density at radius 1 is 1.20 bits per heavy atom. The molecule has 9 nitrogen and oxygen atoms in total. The van der Waals surface area contributed by atoms with Gasteiger partial charge in [-0.3, -0.25) is 9.59 Å². The summed E-state index contributed by atoms with van der Waals surface area (Å²) in [6.07, 6.45) is 3.60. The van der Waals surface area contributed by atoms with E-state index in [0.29, 0.717) is 41.4 Å². The van der Waals surface area contributed by atoms with Gasteiger partial charge in [-0.1, -0.05) is 26.0 Å². The third kappa shape index (κ3) is 6.23. The lowest BCUT2D eigenvalue weighted by Crippen LogP contribution is -2.44. The maximum Gasteiger partial charge on any atom is 0.237 e. The molecule has 1 N–H and O–H groups in total. The van der Waals surface area contributed by atoms with Gasteiger partial charge in [0.05, 0.1) is 19.4 Å². The number of hydrogen-bond acceptors (Lipinski definition) is 7. The van der Waals surface area contributed by atoms with Crippen LogP contribution in [0.2, 0.25) is 0 Å². The number of aromatic nitrogens is 3. The number of nitrogens with one attached hydrogen (secondary N) is 1. The highest BCUT2D eigenvalue weighted by molar-refractivity contribution is 5.90. The van der Waals surface area contributed by atoms with Crippen LogP contribution in [-0.4, -0.2) is 64.0 Å². The summed E-state index contributed by atoms with van der Waals surface area (Å²) in [5, 5.41) is 7.29. The maximum absolute atomic E-state index is 12.4. The first-order valence-corrected chi connectivity index (χ1v) is 12.2. The first kappa shape index (κ1) is 24.8. The third-order valence-electron chi connectivity index (χ3n) is 6.13. The molecule has 0 unspecified atom stereocenters. The topological polar surface area (TPSA) is 98.1 Å². The number of ether oxygens (including phenoxy) is 2. The Labute approximate surface area is 205 Å². The maximum atomic E-state index is 12.4. The van der Waals surface area contributed by atoms with E-state index in [9.17, 15) is 9.59 Å². The molecule has 0 saturated carbocycles. The highest BCUT2D eigenvalue weighted by atomic mass is 16.5. The van der Waals surface area contributed by atoms with Crippen LogP contribution in [0.5, 0.6) is 11.6 Å². The molecule has 0 bridgehead atoms. The first-order valence-electron chi connectivity index (χ1n) is 12.2. The standard InChI is InChI=1S/C24H27N5O4.C2H6/c1-17(30)11-18-3-2-4-19(12-18)33-23-6-5-21-25-20(13-29(21)27-23)26-22(31)7-9-28-10-8-24(14-28)15-32-16-24;1-2/h2-6,12-13H,7-11,14-16H2,1H3,(H,26,31);1-2H3. The number of likely N-dealkylation sites (tertiary alicyclic amines) is 1. The van der Waals surface area contributed by atoms with Crippen LogP contribution in [0.1, 0.15) is 39.2 Å². The second kappa shape index (κ2) is 11.0. The Bertz CT molecular complexity index is 1190. The quantitative estimate of drug-likeness (QED) is 0.526. The summed E-state index contributed by atoms with van der Waals surface area (Å²) in [6, 6.07) is 10.9. The van der Waals surface area contributed by atoms with Crippen molar-refractivity contribution in [1.29, 1.82) is 0 Å². The smallest absolute Gasteiger partial charge is 0.237 e. The van der Waals surface area contributed by atoms with Crippen molar-refractivity contribution in [1.82, 2.24) is 19.5 Å². The van der Waals surface area contributed by atoms with Crippen molar-refractivity contribution in [2.45, 2.75) is 40.0 Å². The molecule has 4 heterocycles. The lowest BCUT2D eigenvalue weighted by atomic mass is 9.85. The summed E-state index contributed by atoms with van der Waals surface area (Å²) >= 11 is 0. The van der Waals surface area contributed by atoms with E-state index < -0.39 is 0 Å². The molecular formula is C26H33N5O4. The van der Waals surface area contributed by atoms with Crippen molar-refractivity contribution < 1.29 is 19.1 Å². The number of anilines is 1. The summed E-state index contributed by atoms with van der Waals surface area (Å²) in [7, 11) is 0. The van der Waals surface area contributed by atoms with Crippen LogP contribution in [0.3, 0.4) is 0 Å². The molecule has 0 radical (unpaired) electrons. The minimum absolute atomic E-state index is 0.0667. The first-order chi connectivity index (χ1) is 17.0. The Hall–Kier alpha value is -3.30. The summed E-state index contributed by atoms with van der Waals surface area (Å²) < 4.78 is 12.8. The average molecular weight is 480 g/mol. The second-order valence-electron chi connectivity index (χ2n) is 9.05. The van der Waals surface area contributed by atoms with E-state index in [1.54, 1.807) is 29.8 Å². The van der Waals surface area contributed by atoms with Crippen LogP contribution in [0.25, 0.3) is 5.65 Å². The molecule has 3 aromatic rings. The number of carbonyl (C=O) groups is 2. The zero-order valence-corrected chi connectivity index (χ0v) is 20.6. The van der Waals surface area contributed by atoms with Crippen LogP contribution < -0.4 is 10.1 Å². The highest BCUT2D eigenvalue weighted by Crippen LogP contribution is 2.37. The predicted molar refractivity (Wildman–Crippen MR) is 133 cm³/mol. The zero-order valence-electron chi connectivity index (χ0n) is 20.6. The fourth-order valence-corrected chi connectivity index (χ4v) is 4.42. The molecule has 9 heteroatoms. The summed E-state index contributed by atoms with van der Waals surface area (Å²) in [5.74, 6) is 1.48. The van der Waals surface area contributed by atoms with Crippen molar-refractivity contribution in [2.24, 2.45) is 5.41 Å². The average Bonchev–Trinajstić information content (AvgIpc) is 3.43. The van der Waals surface area contributed by atoms with Crippen molar-refractivity contribution in [3.05, 3.63) is 48.2 Å². The predicted octanol–water partition coefficient (Wildman–Crippen LogP) is 3.73. The van der Waals surface area contributed by atoms with E-state index >= 15 is 0 Å². The van der Waals surface area contributed by atoms with Crippen molar-refractivity contribution in [2.75, 3.05) is 38.2 Å². The van der Waals surface area contributed by atoms with Gasteiger partial charge in [-0.15, -0.1) is 5.10 Å². The van der Waals surface area contributed by atoms with Crippen LogP contribution in [0, 0.1) is 5.41 Å². The van der Waals surface area contributed by atoms with Gasteiger partial charge in [0.2, 0.25) is 11.8 Å². The molecule has 2 aromatic heterocycles. The molecule has 2 saturated heterocycles. The summed E-state index contributed by atoms with van der Waals surface area (Å²) in [4.78, 5) is 30.5. The van der Waals surface area contributed by atoms with Crippen LogP contribution >= 0.6 is 0 Å². The molecule has 0 atom stereocenters. The van der Waals surface area contributed by atoms with E-state index in [2.05, 4.69) is 20.3 Å². The molecule has 0 aliphatic carbocycles. The molecule has 1 amide bonds. The van der Waals surface area contributed by atoms with E-state index in [-0.39, 0.29) is 11.7 Å². The Morgan fingerprint density at radius 2 is 2.03 bits per heavy atom. The lowest BCUT2D eigenvalue weighted by molar-refractivity contribution is -0.117. The number of carbonyl (C=O) groups excluding carboxylic acids is 2. The number of Topliss-reactive ketones (excluding diaryl/α,β-unsaturated/α-hetero) is 1. The SMILES string of the molecule is CC.CC(=O)Cc1cccc(Oc2ccc3nc(NC(=O)CCN4CCC5(COC5)C4)cn3n2)c1. The normalized spacial score (nSPS) is 16.4.